The molecule has 1 rings (SSSR count). The molecular weight excluding hydrogens is 233 g/mol. The minimum atomic E-state index is -4.68. The molecule has 0 atom stereocenters. The van der Waals surface area contributed by atoms with E-state index in [1.54, 1.807) is 0 Å². The van der Waals surface area contributed by atoms with Gasteiger partial charge in [-0.2, -0.15) is 13.2 Å². The SMILES string of the molecule is O=C(CCl)c1c(O)cccc1C(F)(F)F. The van der Waals surface area contributed by atoms with Crippen molar-refractivity contribution >= 4 is 17.4 Å². The topological polar surface area (TPSA) is 37.3 Å². The van der Waals surface area contributed by atoms with Crippen LogP contribution in [0.3, 0.4) is 0 Å². The molecule has 0 heterocycles. The van der Waals surface area contributed by atoms with Crippen molar-refractivity contribution in [2.45, 2.75) is 6.18 Å². The lowest BCUT2D eigenvalue weighted by atomic mass is 10.0. The van der Waals surface area contributed by atoms with Gasteiger partial charge in [0, 0.05) is 0 Å². The van der Waals surface area contributed by atoms with Crippen LogP contribution in [-0.4, -0.2) is 16.8 Å². The summed E-state index contributed by atoms with van der Waals surface area (Å²) >= 11 is 5.15. The Morgan fingerprint density at radius 2 is 2.00 bits per heavy atom. The molecule has 1 aromatic carbocycles. The van der Waals surface area contributed by atoms with Gasteiger partial charge in [-0.3, -0.25) is 4.79 Å². The first-order valence-corrected chi connectivity index (χ1v) is 4.39. The summed E-state index contributed by atoms with van der Waals surface area (Å²) in [5.74, 6) is -2.28. The van der Waals surface area contributed by atoms with E-state index in [0.29, 0.717) is 0 Å². The molecular formula is C9H6ClF3O2. The number of benzene rings is 1. The zero-order chi connectivity index (χ0) is 11.6. The minimum Gasteiger partial charge on any atom is -0.507 e. The maximum Gasteiger partial charge on any atom is 0.417 e. The van der Waals surface area contributed by atoms with Crippen molar-refractivity contribution in [1.82, 2.24) is 0 Å². The maximum atomic E-state index is 12.4. The smallest absolute Gasteiger partial charge is 0.417 e. The summed E-state index contributed by atoms with van der Waals surface area (Å²) in [5, 5.41) is 9.18. The van der Waals surface area contributed by atoms with Gasteiger partial charge in [-0.25, -0.2) is 0 Å². The van der Waals surface area contributed by atoms with Gasteiger partial charge >= 0.3 is 6.18 Å². The van der Waals surface area contributed by atoms with Gasteiger partial charge < -0.3 is 5.11 Å². The highest BCUT2D eigenvalue weighted by molar-refractivity contribution is 6.31. The molecule has 0 aliphatic carbocycles. The lowest BCUT2D eigenvalue weighted by molar-refractivity contribution is -0.138. The molecule has 82 valence electrons. The van der Waals surface area contributed by atoms with Crippen molar-refractivity contribution in [3.8, 4) is 5.75 Å². The third-order valence-corrected chi connectivity index (χ3v) is 1.99. The van der Waals surface area contributed by atoms with Crippen molar-refractivity contribution in [2.75, 3.05) is 5.88 Å². The Kier molecular flexibility index (Phi) is 3.24. The van der Waals surface area contributed by atoms with Gasteiger partial charge in [0.15, 0.2) is 5.78 Å². The Balaban J connectivity index is 3.40. The molecule has 1 aromatic rings. The average Bonchev–Trinajstić information content (AvgIpc) is 2.15. The molecule has 0 saturated heterocycles. The Labute approximate surface area is 88.3 Å². The molecule has 0 saturated carbocycles. The second-order valence-corrected chi connectivity index (χ2v) is 3.02. The van der Waals surface area contributed by atoms with Crippen molar-refractivity contribution in [2.24, 2.45) is 0 Å². The second-order valence-electron chi connectivity index (χ2n) is 2.75. The number of hydrogen-bond acceptors (Lipinski definition) is 2. The lowest BCUT2D eigenvalue weighted by Gasteiger charge is -2.12. The van der Waals surface area contributed by atoms with Gasteiger partial charge in [0.2, 0.25) is 0 Å². The van der Waals surface area contributed by atoms with Crippen molar-refractivity contribution in [3.05, 3.63) is 29.3 Å². The molecule has 6 heteroatoms. The number of phenolic OH excluding ortho intramolecular Hbond substituents is 1. The number of ketones is 1. The molecule has 2 nitrogen and oxygen atoms in total. The molecule has 0 spiro atoms. The summed E-state index contributed by atoms with van der Waals surface area (Å²) in [5.41, 5.74) is -1.95. The number of alkyl halides is 4. The Hall–Kier alpha value is -1.23. The molecule has 0 aliphatic heterocycles. The highest BCUT2D eigenvalue weighted by atomic mass is 35.5. The number of rotatable bonds is 2. The van der Waals surface area contributed by atoms with Gasteiger partial charge in [-0.15, -0.1) is 11.6 Å². The summed E-state index contributed by atoms with van der Waals surface area (Å²) in [6.45, 7) is 0. The monoisotopic (exact) mass is 238 g/mol. The summed E-state index contributed by atoms with van der Waals surface area (Å²) in [4.78, 5) is 11.1. The number of hydrogen-bond donors (Lipinski definition) is 1. The molecule has 0 radical (unpaired) electrons. The molecule has 0 unspecified atom stereocenters. The highest BCUT2D eigenvalue weighted by Crippen LogP contribution is 2.35. The zero-order valence-electron chi connectivity index (χ0n) is 7.31. The largest absolute Gasteiger partial charge is 0.507 e. The third-order valence-electron chi connectivity index (χ3n) is 1.75. The van der Waals surface area contributed by atoms with Crippen LogP contribution >= 0.6 is 11.6 Å². The van der Waals surface area contributed by atoms with Crippen LogP contribution in [0.4, 0.5) is 13.2 Å². The third kappa shape index (κ3) is 2.41. The van der Waals surface area contributed by atoms with E-state index in [9.17, 15) is 23.1 Å². The van der Waals surface area contributed by atoms with Crippen LogP contribution in [0.15, 0.2) is 18.2 Å². The molecule has 0 aliphatic rings. The van der Waals surface area contributed by atoms with Crippen molar-refractivity contribution in [3.63, 3.8) is 0 Å². The molecule has 0 amide bonds. The summed E-state index contributed by atoms with van der Waals surface area (Å²) in [6.07, 6.45) is -4.68. The Morgan fingerprint density at radius 1 is 1.40 bits per heavy atom. The predicted molar refractivity (Wildman–Crippen MR) is 48.2 cm³/mol. The fourth-order valence-electron chi connectivity index (χ4n) is 1.14. The molecule has 0 bridgehead atoms. The number of halogens is 4. The number of carbonyl (C=O) groups excluding carboxylic acids is 1. The standard InChI is InChI=1S/C9H6ClF3O2/c10-4-7(15)8-5(9(11,12)13)2-1-3-6(8)14/h1-3,14H,4H2. The lowest BCUT2D eigenvalue weighted by Crippen LogP contribution is -2.14. The van der Waals surface area contributed by atoms with Crippen molar-refractivity contribution < 1.29 is 23.1 Å². The molecule has 15 heavy (non-hydrogen) atoms. The Bertz CT molecular complexity index is 387. The van der Waals surface area contributed by atoms with Crippen LogP contribution in [0.25, 0.3) is 0 Å². The van der Waals surface area contributed by atoms with Gasteiger partial charge in [-0.1, -0.05) is 6.07 Å². The summed E-state index contributed by atoms with van der Waals surface area (Å²) in [7, 11) is 0. The predicted octanol–water partition coefficient (Wildman–Crippen LogP) is 2.83. The van der Waals surface area contributed by atoms with E-state index in [2.05, 4.69) is 0 Å². The van der Waals surface area contributed by atoms with Crippen LogP contribution < -0.4 is 0 Å². The van der Waals surface area contributed by atoms with E-state index in [0.717, 1.165) is 18.2 Å². The van der Waals surface area contributed by atoms with E-state index in [1.165, 1.54) is 0 Å². The van der Waals surface area contributed by atoms with Crippen LogP contribution in [0.2, 0.25) is 0 Å². The first kappa shape index (κ1) is 11.8. The van der Waals surface area contributed by atoms with Gasteiger partial charge in [0.25, 0.3) is 0 Å². The Morgan fingerprint density at radius 3 is 2.47 bits per heavy atom. The fourth-order valence-corrected chi connectivity index (χ4v) is 1.27. The second kappa shape index (κ2) is 4.10. The van der Waals surface area contributed by atoms with Crippen LogP contribution in [0.1, 0.15) is 15.9 Å². The van der Waals surface area contributed by atoms with Crippen LogP contribution in [-0.2, 0) is 6.18 Å². The van der Waals surface area contributed by atoms with E-state index in [1.807, 2.05) is 0 Å². The molecule has 1 N–H and O–H groups in total. The fraction of sp³-hybridized carbons (Fsp3) is 0.222. The van der Waals surface area contributed by atoms with E-state index in [-0.39, 0.29) is 0 Å². The van der Waals surface area contributed by atoms with Gasteiger partial charge in [0.05, 0.1) is 17.0 Å². The number of Topliss-reactive ketones (excluding diaryl/α,β-unsaturated/α-hetero) is 1. The molecule has 0 fully saturated rings. The van der Waals surface area contributed by atoms with Crippen LogP contribution in [0.5, 0.6) is 5.75 Å². The number of carbonyl (C=O) groups is 1. The summed E-state index contributed by atoms with van der Waals surface area (Å²) in [6, 6.07) is 2.75. The van der Waals surface area contributed by atoms with Gasteiger partial charge in [-0.05, 0) is 12.1 Å². The van der Waals surface area contributed by atoms with E-state index < -0.39 is 34.7 Å². The zero-order valence-corrected chi connectivity index (χ0v) is 8.06. The molecule has 0 aromatic heterocycles. The van der Waals surface area contributed by atoms with E-state index in [4.69, 9.17) is 11.6 Å². The minimum absolute atomic E-state index is 0.610. The maximum absolute atomic E-state index is 12.4. The average molecular weight is 239 g/mol. The first-order valence-electron chi connectivity index (χ1n) is 3.86. The highest BCUT2D eigenvalue weighted by Gasteiger charge is 2.36. The van der Waals surface area contributed by atoms with E-state index >= 15 is 0 Å². The summed E-state index contributed by atoms with van der Waals surface area (Å²) < 4.78 is 37.3. The quantitative estimate of drug-likeness (QED) is 0.635. The normalized spacial score (nSPS) is 11.5. The number of aromatic hydroxyl groups is 1. The first-order chi connectivity index (χ1) is 6.88. The van der Waals surface area contributed by atoms with Crippen molar-refractivity contribution in [1.29, 1.82) is 0 Å². The van der Waals surface area contributed by atoms with Gasteiger partial charge in [0.1, 0.15) is 5.75 Å². The number of phenols is 1. The van der Waals surface area contributed by atoms with Crippen LogP contribution in [0, 0.1) is 0 Å².